The third kappa shape index (κ3) is 35.5. The fourth-order valence-electron chi connectivity index (χ4n) is 13.0. The van der Waals surface area contributed by atoms with E-state index in [-0.39, 0.29) is 48.7 Å². The van der Waals surface area contributed by atoms with Crippen LogP contribution in [0.2, 0.25) is 0 Å². The molecule has 9 aromatic carbocycles. The Bertz CT molecular complexity index is 4010. The van der Waals surface area contributed by atoms with E-state index in [2.05, 4.69) is 473 Å². The summed E-state index contributed by atoms with van der Waals surface area (Å²) < 4.78 is 0. The Kier molecular flexibility index (Phi) is 36.8. The Labute approximate surface area is 651 Å². The van der Waals surface area contributed by atoms with Gasteiger partial charge in [-0.15, -0.1) is 0 Å². The lowest BCUT2D eigenvalue weighted by Crippen LogP contribution is -2.14. The fourth-order valence-corrected chi connectivity index (χ4v) is 13.0. The molecule has 0 fully saturated rings. The van der Waals surface area contributed by atoms with Crippen LogP contribution < -0.4 is 0 Å². The van der Waals surface area contributed by atoms with Crippen LogP contribution in [0.3, 0.4) is 0 Å². The highest BCUT2D eigenvalue weighted by Crippen LogP contribution is 2.33. The normalized spacial score (nSPS) is 11.7. The van der Waals surface area contributed by atoms with Crippen LogP contribution in [-0.4, -0.2) is 0 Å². The molecule has 0 radical (unpaired) electrons. The monoisotopic (exact) mass is 1420 g/mol. The molecule has 0 N–H and O–H groups in total. The van der Waals surface area contributed by atoms with E-state index in [1.807, 2.05) is 0 Å². The fraction of sp³-hybridized carbons (Fsp3) is 0.486. The molecule has 9 rings (SSSR count). The van der Waals surface area contributed by atoms with Crippen LogP contribution >= 0.6 is 0 Å². The SMILES string of the molecule is Cc1cc(C)cc(C(C)(C)C)c1.Cc1ccc(C(C)(C)C)c(C)c1.Cc1ccc(C(C)(C)C)cc1.Cc1ccc(C(C)(C)C)cc1C.Cc1ccc(C)c(C(C)(C)C)c1.Cc1cccc(C(C)(C)C)c1.Cc1cccc(C(C)(C)C)c1C.Cc1cccc(C)c1C(C)(C)C.Cc1ccccc1C(C)(C)C. The third-order valence-electron chi connectivity index (χ3n) is 19.3. The molecule has 0 heteroatoms. The maximum absolute atomic E-state index is 2.29. The van der Waals surface area contributed by atoms with Crippen molar-refractivity contribution in [3.8, 4) is 0 Å². The second-order valence-electron chi connectivity index (χ2n) is 39.6. The van der Waals surface area contributed by atoms with Crippen LogP contribution in [0.5, 0.6) is 0 Å². The average molecular weight is 1420 g/mol. The van der Waals surface area contributed by atoms with Gasteiger partial charge in [0.2, 0.25) is 0 Å². The molecule has 0 bridgehead atoms. The summed E-state index contributed by atoms with van der Waals surface area (Å²) in [6.45, 7) is 93.2. The van der Waals surface area contributed by atoms with E-state index in [4.69, 9.17) is 0 Å². The Morgan fingerprint density at radius 2 is 0.486 bits per heavy atom. The number of benzene rings is 9. The van der Waals surface area contributed by atoms with Crippen LogP contribution in [0.15, 0.2) is 182 Å². The van der Waals surface area contributed by atoms with Crippen LogP contribution in [-0.2, 0) is 48.7 Å². The minimum Gasteiger partial charge on any atom is -0.0620 e. The van der Waals surface area contributed by atoms with E-state index in [0.29, 0.717) is 0 Å². The predicted molar refractivity (Wildman–Crippen MR) is 477 cm³/mol. The van der Waals surface area contributed by atoms with Gasteiger partial charge in [-0.05, 0) is 253 Å². The van der Waals surface area contributed by atoms with Crippen molar-refractivity contribution in [3.05, 3.63) is 316 Å². The van der Waals surface area contributed by atoms with Gasteiger partial charge in [-0.1, -0.05) is 402 Å². The number of rotatable bonds is 0. The van der Waals surface area contributed by atoms with Gasteiger partial charge in [0.15, 0.2) is 0 Å². The summed E-state index contributed by atoms with van der Waals surface area (Å²) in [5, 5.41) is 0. The summed E-state index contributed by atoms with van der Waals surface area (Å²) in [5.41, 5.74) is 36.2. The van der Waals surface area contributed by atoms with Crippen LogP contribution in [0.25, 0.3) is 0 Å². The molecule has 0 spiro atoms. The quantitative estimate of drug-likeness (QED) is 0.142. The van der Waals surface area contributed by atoms with Crippen molar-refractivity contribution in [1.29, 1.82) is 0 Å². The molecule has 9 aromatic rings. The highest BCUT2D eigenvalue weighted by molar-refractivity contribution is 5.41. The first-order valence-corrected chi connectivity index (χ1v) is 39.2. The molecular formula is C105H156. The Morgan fingerprint density at radius 3 is 0.857 bits per heavy atom. The zero-order valence-corrected chi connectivity index (χ0v) is 75.8. The lowest BCUT2D eigenvalue weighted by atomic mass is 9.81. The van der Waals surface area contributed by atoms with Crippen molar-refractivity contribution in [2.45, 2.75) is 340 Å². The first kappa shape index (κ1) is 96.0. The summed E-state index contributed by atoms with van der Waals surface area (Å²) in [7, 11) is 0. The van der Waals surface area contributed by atoms with Crippen LogP contribution in [0, 0.1) is 104 Å². The Morgan fingerprint density at radius 1 is 0.152 bits per heavy atom. The van der Waals surface area contributed by atoms with Gasteiger partial charge in [-0.3, -0.25) is 0 Å². The minimum absolute atomic E-state index is 0.273. The molecule has 0 saturated heterocycles. The molecule has 0 nitrogen and oxygen atoms in total. The van der Waals surface area contributed by atoms with E-state index in [9.17, 15) is 0 Å². The molecular weight excluding hydrogens is 1260 g/mol. The molecule has 105 heavy (non-hydrogen) atoms. The van der Waals surface area contributed by atoms with E-state index >= 15 is 0 Å². The molecule has 0 unspecified atom stereocenters. The summed E-state index contributed by atoms with van der Waals surface area (Å²) in [5.74, 6) is 0. The van der Waals surface area contributed by atoms with Gasteiger partial charge in [0.1, 0.15) is 0 Å². The Balaban J connectivity index is 0.000000591. The van der Waals surface area contributed by atoms with Gasteiger partial charge in [-0.2, -0.15) is 0 Å². The largest absolute Gasteiger partial charge is 0.0620 e. The van der Waals surface area contributed by atoms with E-state index < -0.39 is 0 Å². The van der Waals surface area contributed by atoms with Crippen molar-refractivity contribution in [2.75, 3.05) is 0 Å². The molecule has 576 valence electrons. The Hall–Kier alpha value is -7.02. The molecule has 0 aliphatic rings. The minimum atomic E-state index is 0.273. The molecule has 0 aromatic heterocycles. The van der Waals surface area contributed by atoms with Gasteiger partial charge in [0.25, 0.3) is 0 Å². The highest BCUT2D eigenvalue weighted by atomic mass is 14.3. The van der Waals surface area contributed by atoms with Crippen molar-refractivity contribution in [1.82, 2.24) is 0 Å². The van der Waals surface area contributed by atoms with Gasteiger partial charge >= 0.3 is 0 Å². The smallest absolute Gasteiger partial charge is 0.0127 e. The van der Waals surface area contributed by atoms with Crippen molar-refractivity contribution >= 4 is 0 Å². The number of aryl methyl sites for hydroxylation is 14. The molecule has 0 aliphatic carbocycles. The maximum atomic E-state index is 2.29. The third-order valence-corrected chi connectivity index (χ3v) is 19.3. The number of hydrogen-bond acceptors (Lipinski definition) is 0. The van der Waals surface area contributed by atoms with Crippen molar-refractivity contribution < 1.29 is 0 Å². The zero-order chi connectivity index (χ0) is 81.6. The molecule has 0 saturated carbocycles. The van der Waals surface area contributed by atoms with Gasteiger partial charge < -0.3 is 0 Å². The first-order valence-electron chi connectivity index (χ1n) is 39.2. The predicted octanol–water partition coefficient (Wildman–Crippen LogP) is 31.5. The first-order chi connectivity index (χ1) is 47.5. The second kappa shape index (κ2) is 40.3. The lowest BCUT2D eigenvalue weighted by molar-refractivity contribution is 0.582. The van der Waals surface area contributed by atoms with Crippen LogP contribution in [0.4, 0.5) is 0 Å². The summed E-state index contributed by atoms with van der Waals surface area (Å²) in [4.78, 5) is 0. The summed E-state index contributed by atoms with van der Waals surface area (Å²) >= 11 is 0. The maximum Gasteiger partial charge on any atom is -0.0127 e. The molecule has 0 atom stereocenters. The summed E-state index contributed by atoms with van der Waals surface area (Å²) in [6, 6.07) is 65.9. The van der Waals surface area contributed by atoms with Gasteiger partial charge in [0, 0.05) is 0 Å². The standard InChI is InChI=1S/6C12H18.3C11H16/c1-9-6-10(2)8-11(7-9)12(3,4)5;1-9-6-7-11(8-10(9)2)12(3,4)5;1-9-6-7-11(10(2)8-9)12(3,4)5;1-9-6-7-10(2)11(8-9)12(3,4)5;1-9-7-6-8-11(10(9)2)12(3,4)5;1-9-7-6-8-10(2)11(9)12(3,4)5;1-9-5-7-10(8-6-9)11(2,3)4;1-9-6-5-7-10(8-9)11(2,3)4;1-9-7-5-6-8-10(9)11(2,3)4/h6*6-8H,1-5H3;3*5-8H,1-4H3. The zero-order valence-electron chi connectivity index (χ0n) is 75.8. The van der Waals surface area contributed by atoms with Crippen molar-refractivity contribution in [2.24, 2.45) is 0 Å². The molecule has 0 heterocycles. The number of hydrogen-bond donors (Lipinski definition) is 0. The topological polar surface area (TPSA) is 0 Å². The molecule has 0 aliphatic heterocycles. The van der Waals surface area contributed by atoms with Crippen LogP contribution in [0.1, 0.15) is 320 Å². The van der Waals surface area contributed by atoms with Gasteiger partial charge in [-0.25, -0.2) is 0 Å². The van der Waals surface area contributed by atoms with Gasteiger partial charge in [0.05, 0.1) is 0 Å². The van der Waals surface area contributed by atoms with Crippen molar-refractivity contribution in [3.63, 3.8) is 0 Å². The van der Waals surface area contributed by atoms with E-state index in [0.717, 1.165) is 0 Å². The second-order valence-corrected chi connectivity index (χ2v) is 39.6. The summed E-state index contributed by atoms with van der Waals surface area (Å²) in [6.07, 6.45) is 0. The highest BCUT2D eigenvalue weighted by Gasteiger charge is 2.22. The lowest BCUT2D eigenvalue weighted by Gasteiger charge is -2.23. The van der Waals surface area contributed by atoms with E-state index in [1.54, 1.807) is 0 Å². The molecule has 0 amide bonds. The average Bonchev–Trinajstić information content (AvgIpc) is 0.833. The van der Waals surface area contributed by atoms with E-state index in [1.165, 1.54) is 134 Å².